The molecule has 0 bridgehead atoms. The Morgan fingerprint density at radius 2 is 1.97 bits per heavy atom. The van der Waals surface area contributed by atoms with Crippen LogP contribution in [0.1, 0.15) is 48.6 Å². The zero-order valence-electron chi connectivity index (χ0n) is 18.9. The molecule has 1 saturated heterocycles. The van der Waals surface area contributed by atoms with Crippen LogP contribution in [-0.2, 0) is 4.79 Å². The molecule has 0 radical (unpaired) electrons. The number of nitrogens with zero attached hydrogens (tertiary/aromatic N) is 4. The van der Waals surface area contributed by atoms with E-state index < -0.39 is 0 Å². The van der Waals surface area contributed by atoms with E-state index in [-0.39, 0.29) is 12.0 Å². The molecular formula is C25H30N6OS. The maximum Gasteiger partial charge on any atom is 0.225 e. The molecule has 1 amide bonds. The van der Waals surface area contributed by atoms with E-state index in [1.807, 2.05) is 48.4 Å². The van der Waals surface area contributed by atoms with E-state index in [4.69, 9.17) is 15.7 Å². The van der Waals surface area contributed by atoms with Gasteiger partial charge in [0.25, 0.3) is 0 Å². The molecule has 3 aromatic heterocycles. The second-order valence-corrected chi connectivity index (χ2v) is 10.3. The van der Waals surface area contributed by atoms with Gasteiger partial charge >= 0.3 is 0 Å². The van der Waals surface area contributed by atoms with Crippen LogP contribution in [0.3, 0.4) is 0 Å². The number of rotatable bonds is 5. The third-order valence-corrected chi connectivity index (χ3v) is 7.84. The van der Waals surface area contributed by atoms with Crippen molar-refractivity contribution in [1.82, 2.24) is 19.9 Å². The van der Waals surface area contributed by atoms with E-state index >= 15 is 0 Å². The minimum atomic E-state index is 0.144. The molecule has 1 unspecified atom stereocenters. The summed E-state index contributed by atoms with van der Waals surface area (Å²) in [5, 5.41) is 4.44. The molecule has 3 N–H and O–H groups in total. The van der Waals surface area contributed by atoms with Crippen LogP contribution in [0.4, 0.5) is 11.6 Å². The molecule has 7 nitrogen and oxygen atoms in total. The fourth-order valence-electron chi connectivity index (χ4n) is 4.81. The first-order chi connectivity index (χ1) is 16.0. The molecule has 1 atom stereocenters. The van der Waals surface area contributed by atoms with Gasteiger partial charge in [0.1, 0.15) is 11.6 Å². The highest BCUT2D eigenvalue weighted by Crippen LogP contribution is 2.40. The summed E-state index contributed by atoms with van der Waals surface area (Å²) in [6.45, 7) is 3.58. The predicted octanol–water partition coefficient (Wildman–Crippen LogP) is 4.49. The lowest BCUT2D eigenvalue weighted by molar-refractivity contribution is -0.135. The Kier molecular flexibility index (Phi) is 6.37. The monoisotopic (exact) mass is 462 g/mol. The van der Waals surface area contributed by atoms with Gasteiger partial charge in [-0.3, -0.25) is 4.79 Å². The van der Waals surface area contributed by atoms with Crippen LogP contribution in [0.5, 0.6) is 0 Å². The Balaban J connectivity index is 1.21. The van der Waals surface area contributed by atoms with Gasteiger partial charge < -0.3 is 16.0 Å². The molecule has 2 fully saturated rings. The van der Waals surface area contributed by atoms with Crippen LogP contribution in [0, 0.1) is 12.8 Å². The maximum absolute atomic E-state index is 12.8. The lowest BCUT2D eigenvalue weighted by Gasteiger charge is -2.29. The van der Waals surface area contributed by atoms with E-state index in [9.17, 15) is 4.79 Å². The van der Waals surface area contributed by atoms with Crippen molar-refractivity contribution in [3.8, 4) is 10.6 Å². The maximum atomic E-state index is 12.8. The Morgan fingerprint density at radius 3 is 2.73 bits per heavy atom. The summed E-state index contributed by atoms with van der Waals surface area (Å²) in [5.74, 6) is 2.42. The molecule has 172 valence electrons. The number of nitrogens with two attached hydrogens (primary N) is 1. The Labute approximate surface area is 198 Å². The van der Waals surface area contributed by atoms with Gasteiger partial charge in [-0.25, -0.2) is 15.0 Å². The molecule has 0 aromatic carbocycles. The summed E-state index contributed by atoms with van der Waals surface area (Å²) in [5.41, 5.74) is 8.04. The van der Waals surface area contributed by atoms with Gasteiger partial charge in [0, 0.05) is 43.4 Å². The average molecular weight is 463 g/mol. The van der Waals surface area contributed by atoms with Crippen LogP contribution < -0.4 is 11.1 Å². The van der Waals surface area contributed by atoms with Crippen LogP contribution in [0.15, 0.2) is 42.7 Å². The van der Waals surface area contributed by atoms with E-state index in [1.165, 1.54) is 0 Å². The van der Waals surface area contributed by atoms with Crippen molar-refractivity contribution in [2.45, 2.75) is 51.0 Å². The van der Waals surface area contributed by atoms with Crippen LogP contribution in [-0.4, -0.2) is 44.9 Å². The van der Waals surface area contributed by atoms with E-state index in [0.29, 0.717) is 11.8 Å². The Bertz CT molecular complexity index is 1120. The van der Waals surface area contributed by atoms with Crippen molar-refractivity contribution in [2.24, 2.45) is 11.7 Å². The number of thiazole rings is 1. The molecule has 1 aliphatic heterocycles. The van der Waals surface area contributed by atoms with Gasteiger partial charge in [0.05, 0.1) is 15.6 Å². The fraction of sp³-hybridized carbons (Fsp3) is 0.440. The molecular weight excluding hydrogens is 432 g/mol. The summed E-state index contributed by atoms with van der Waals surface area (Å²) >= 11 is 1.72. The van der Waals surface area contributed by atoms with Gasteiger partial charge in [0.15, 0.2) is 0 Å². The smallest absolute Gasteiger partial charge is 0.225 e. The van der Waals surface area contributed by atoms with Crippen molar-refractivity contribution >= 4 is 28.9 Å². The Hall–Kier alpha value is -2.84. The normalized spacial score (nSPS) is 23.0. The summed E-state index contributed by atoms with van der Waals surface area (Å²) in [7, 11) is 0. The molecule has 2 aliphatic rings. The number of aryl methyl sites for hydroxylation is 1. The minimum Gasteiger partial charge on any atom is -0.341 e. The molecule has 3 aromatic rings. The molecule has 4 heterocycles. The average Bonchev–Trinajstić information content (AvgIpc) is 3.49. The summed E-state index contributed by atoms with van der Waals surface area (Å²) < 4.78 is 0. The van der Waals surface area contributed by atoms with E-state index in [1.54, 1.807) is 17.5 Å². The van der Waals surface area contributed by atoms with Crippen molar-refractivity contribution in [3.63, 3.8) is 0 Å². The fourth-order valence-corrected chi connectivity index (χ4v) is 5.86. The van der Waals surface area contributed by atoms with Crippen molar-refractivity contribution in [3.05, 3.63) is 53.3 Å². The van der Waals surface area contributed by atoms with Gasteiger partial charge in [-0.05, 0) is 68.9 Å². The first-order valence-corrected chi connectivity index (χ1v) is 12.5. The number of carbonyl (C=O) groups excluding carboxylic acids is 1. The Morgan fingerprint density at radius 1 is 1.12 bits per heavy atom. The molecule has 8 heteroatoms. The highest BCUT2D eigenvalue weighted by molar-refractivity contribution is 7.15. The SMILES string of the molecule is Cc1ccnc(Nc2cccc(-c3cnc([C@H]4CC[C@H](C(=O)N5CCC(N)C5)CC4)s3)n2)c1. The summed E-state index contributed by atoms with van der Waals surface area (Å²) in [6, 6.07) is 10.1. The predicted molar refractivity (Wildman–Crippen MR) is 131 cm³/mol. The molecule has 0 spiro atoms. The lowest BCUT2D eigenvalue weighted by atomic mass is 9.81. The minimum absolute atomic E-state index is 0.144. The number of likely N-dealkylation sites (tertiary alicyclic amines) is 1. The largest absolute Gasteiger partial charge is 0.341 e. The standard InChI is InChI=1S/C25H30N6OS/c1-16-9-11-27-23(13-16)30-22-4-2-3-20(29-22)21-14-28-24(33-21)17-5-7-18(8-6-17)25(32)31-12-10-19(26)15-31/h2-4,9,11,13-14,17-19H,5-8,10,12,15,26H2,1H3,(H,27,29,30)/t17-,18-,19?. The van der Waals surface area contributed by atoms with Crippen LogP contribution in [0.25, 0.3) is 10.6 Å². The third kappa shape index (κ3) is 5.07. The second kappa shape index (κ2) is 9.57. The third-order valence-electron chi connectivity index (χ3n) is 6.66. The number of nitrogens with one attached hydrogen (secondary N) is 1. The van der Waals surface area contributed by atoms with Crippen molar-refractivity contribution in [1.29, 1.82) is 0 Å². The molecule has 1 saturated carbocycles. The molecule has 5 rings (SSSR count). The summed E-state index contributed by atoms with van der Waals surface area (Å²) in [6.07, 6.45) is 8.54. The number of carbonyl (C=O) groups is 1. The number of aromatic nitrogens is 3. The first-order valence-electron chi connectivity index (χ1n) is 11.7. The van der Waals surface area contributed by atoms with Gasteiger partial charge in [0.2, 0.25) is 5.91 Å². The zero-order chi connectivity index (χ0) is 22.8. The second-order valence-electron chi connectivity index (χ2n) is 9.20. The summed E-state index contributed by atoms with van der Waals surface area (Å²) in [4.78, 5) is 29.7. The van der Waals surface area contributed by atoms with Crippen molar-refractivity contribution < 1.29 is 4.79 Å². The number of pyridine rings is 2. The lowest BCUT2D eigenvalue weighted by Crippen LogP contribution is -2.37. The number of amides is 1. The quantitative estimate of drug-likeness (QED) is 0.580. The highest BCUT2D eigenvalue weighted by atomic mass is 32.1. The van der Waals surface area contributed by atoms with Gasteiger partial charge in [-0.2, -0.15) is 0 Å². The van der Waals surface area contributed by atoms with Gasteiger partial charge in [-0.15, -0.1) is 11.3 Å². The van der Waals surface area contributed by atoms with E-state index in [2.05, 4.69) is 10.3 Å². The molecule has 33 heavy (non-hydrogen) atoms. The topological polar surface area (TPSA) is 97.0 Å². The molecule has 1 aliphatic carbocycles. The van der Waals surface area contributed by atoms with Crippen LogP contribution >= 0.6 is 11.3 Å². The van der Waals surface area contributed by atoms with E-state index in [0.717, 1.165) is 78.0 Å². The highest BCUT2D eigenvalue weighted by Gasteiger charge is 2.33. The zero-order valence-corrected chi connectivity index (χ0v) is 19.7. The number of hydrogen-bond acceptors (Lipinski definition) is 7. The van der Waals surface area contributed by atoms with Crippen LogP contribution in [0.2, 0.25) is 0 Å². The number of anilines is 2. The number of hydrogen-bond donors (Lipinski definition) is 2. The van der Waals surface area contributed by atoms with Crippen molar-refractivity contribution in [2.75, 3.05) is 18.4 Å². The van der Waals surface area contributed by atoms with Gasteiger partial charge in [-0.1, -0.05) is 6.07 Å². The first kappa shape index (κ1) is 22.0.